The molecule has 0 aliphatic heterocycles. The summed E-state index contributed by atoms with van der Waals surface area (Å²) < 4.78 is 0. The fraction of sp³-hybridized carbons (Fsp3) is 0.400. The largest absolute Gasteiger partial charge is 0.239 e. The predicted octanol–water partition coefficient (Wildman–Crippen LogP) is 0.567. The molecule has 0 radical (unpaired) electrons. The van der Waals surface area contributed by atoms with Crippen molar-refractivity contribution in [3.8, 4) is 0 Å². The first kappa shape index (κ1) is 17.6. The van der Waals surface area contributed by atoms with E-state index in [0.29, 0.717) is 13.1 Å². The summed E-state index contributed by atoms with van der Waals surface area (Å²) in [6.45, 7) is 0.940. The highest BCUT2D eigenvalue weighted by molar-refractivity contribution is 5.36. The van der Waals surface area contributed by atoms with Gasteiger partial charge in [0.1, 0.15) is 0 Å². The molecular formula is C10H10N4O4. The van der Waals surface area contributed by atoms with Crippen molar-refractivity contribution in [1.82, 2.24) is 0 Å². The molecule has 0 spiro atoms. The van der Waals surface area contributed by atoms with Crippen LogP contribution in [0.1, 0.15) is 12.8 Å². The fourth-order valence-electron chi connectivity index (χ4n) is 0.601. The Morgan fingerprint density at radius 2 is 1.06 bits per heavy atom. The first-order chi connectivity index (χ1) is 8.83. The lowest BCUT2D eigenvalue weighted by atomic mass is 10.3. The van der Waals surface area contributed by atoms with Gasteiger partial charge in [-0.2, -0.15) is 9.98 Å². The highest BCUT2D eigenvalue weighted by atomic mass is 16.1. The Morgan fingerprint density at radius 1 is 0.667 bits per heavy atom. The van der Waals surface area contributed by atoms with E-state index >= 15 is 0 Å². The summed E-state index contributed by atoms with van der Waals surface area (Å²) in [4.78, 5) is 50.2. The highest BCUT2D eigenvalue weighted by Crippen LogP contribution is 1.88. The molecule has 0 unspecified atom stereocenters. The van der Waals surface area contributed by atoms with Crippen LogP contribution < -0.4 is 0 Å². The van der Waals surface area contributed by atoms with Crippen LogP contribution in [-0.4, -0.2) is 37.4 Å². The van der Waals surface area contributed by atoms with E-state index in [4.69, 9.17) is 0 Å². The second-order valence-corrected chi connectivity index (χ2v) is 2.39. The summed E-state index contributed by atoms with van der Waals surface area (Å²) in [7, 11) is 0. The Balaban J connectivity index is 0. The zero-order chi connectivity index (χ0) is 13.9. The van der Waals surface area contributed by atoms with Gasteiger partial charge in [0.15, 0.2) is 0 Å². The number of nitrogens with zero attached hydrogens (tertiary/aromatic N) is 4. The third-order valence-electron chi connectivity index (χ3n) is 1.24. The summed E-state index contributed by atoms with van der Waals surface area (Å²) in [6.07, 6.45) is 8.91. The standard InChI is InChI=1S/C6H8N2O2.C4H2N2O2/c9-5-7-3-1-2-4-8-6-10;7-3-5-1-2-6-4-8/h1-4H2;1-2H. The third kappa shape index (κ3) is 23.2. The SMILES string of the molecule is O=C=NC=CN=C=O.O=C=NCCCCN=C=O. The second-order valence-electron chi connectivity index (χ2n) is 2.39. The van der Waals surface area contributed by atoms with E-state index in [1.807, 2.05) is 0 Å². The van der Waals surface area contributed by atoms with Gasteiger partial charge in [-0.15, -0.1) is 0 Å². The minimum absolute atomic E-state index is 0.470. The van der Waals surface area contributed by atoms with Crippen molar-refractivity contribution in [1.29, 1.82) is 0 Å². The van der Waals surface area contributed by atoms with Crippen LogP contribution in [0.2, 0.25) is 0 Å². The molecule has 8 nitrogen and oxygen atoms in total. The molecule has 0 aromatic carbocycles. The molecule has 0 aliphatic rings. The van der Waals surface area contributed by atoms with Gasteiger partial charge in [0.25, 0.3) is 0 Å². The lowest BCUT2D eigenvalue weighted by molar-refractivity contribution is 0.559. The zero-order valence-corrected chi connectivity index (χ0v) is 9.40. The van der Waals surface area contributed by atoms with E-state index in [-0.39, 0.29) is 0 Å². The van der Waals surface area contributed by atoms with Gasteiger partial charge in [-0.3, -0.25) is 0 Å². The van der Waals surface area contributed by atoms with E-state index in [1.165, 1.54) is 24.3 Å². The van der Waals surface area contributed by atoms with Crippen molar-refractivity contribution in [3.05, 3.63) is 12.4 Å². The lowest BCUT2D eigenvalue weighted by Gasteiger charge is -1.87. The fourth-order valence-corrected chi connectivity index (χ4v) is 0.601. The lowest BCUT2D eigenvalue weighted by Crippen LogP contribution is -1.84. The molecule has 0 atom stereocenters. The van der Waals surface area contributed by atoms with Gasteiger partial charge in [0, 0.05) is 0 Å². The summed E-state index contributed by atoms with van der Waals surface area (Å²) in [5, 5.41) is 0. The van der Waals surface area contributed by atoms with Crippen LogP contribution in [0.5, 0.6) is 0 Å². The Labute approximate surface area is 103 Å². The minimum Gasteiger partial charge on any atom is -0.211 e. The highest BCUT2D eigenvalue weighted by Gasteiger charge is 1.83. The molecule has 0 heterocycles. The monoisotopic (exact) mass is 250 g/mol. The van der Waals surface area contributed by atoms with Crippen LogP contribution in [-0.2, 0) is 19.2 Å². The van der Waals surface area contributed by atoms with Gasteiger partial charge >= 0.3 is 0 Å². The van der Waals surface area contributed by atoms with Crippen LogP contribution >= 0.6 is 0 Å². The molecule has 18 heavy (non-hydrogen) atoms. The number of hydrogen-bond acceptors (Lipinski definition) is 8. The van der Waals surface area contributed by atoms with E-state index in [0.717, 1.165) is 25.2 Å². The smallest absolute Gasteiger partial charge is 0.211 e. The van der Waals surface area contributed by atoms with E-state index < -0.39 is 0 Å². The normalized spacial score (nSPS) is 7.56. The van der Waals surface area contributed by atoms with Crippen LogP contribution in [0.3, 0.4) is 0 Å². The molecule has 0 saturated heterocycles. The maximum atomic E-state index is 9.52. The molecule has 0 aromatic heterocycles. The molecule has 0 aromatic rings. The first-order valence-electron chi connectivity index (χ1n) is 4.69. The zero-order valence-electron chi connectivity index (χ0n) is 9.40. The Kier molecular flexibility index (Phi) is 19.4. The molecule has 0 aliphatic carbocycles. The molecule has 94 valence electrons. The van der Waals surface area contributed by atoms with Crippen molar-refractivity contribution in [2.75, 3.05) is 13.1 Å². The Morgan fingerprint density at radius 3 is 1.33 bits per heavy atom. The summed E-state index contributed by atoms with van der Waals surface area (Å²) in [5.41, 5.74) is 0. The van der Waals surface area contributed by atoms with Crippen molar-refractivity contribution < 1.29 is 19.2 Å². The average molecular weight is 250 g/mol. The van der Waals surface area contributed by atoms with Crippen LogP contribution in [0.4, 0.5) is 0 Å². The van der Waals surface area contributed by atoms with Gasteiger partial charge in [-0.25, -0.2) is 29.2 Å². The van der Waals surface area contributed by atoms with Crippen LogP contribution in [0.25, 0.3) is 0 Å². The summed E-state index contributed by atoms with van der Waals surface area (Å²) in [5.74, 6) is 0. The van der Waals surface area contributed by atoms with Gasteiger partial charge in [-0.05, 0) is 12.8 Å². The molecule has 0 rings (SSSR count). The summed E-state index contributed by atoms with van der Waals surface area (Å²) >= 11 is 0. The van der Waals surface area contributed by atoms with Crippen molar-refractivity contribution in [2.24, 2.45) is 20.0 Å². The topological polar surface area (TPSA) is 118 Å². The number of rotatable bonds is 7. The van der Waals surface area contributed by atoms with Gasteiger partial charge in [0.2, 0.25) is 24.3 Å². The molecule has 0 bridgehead atoms. The Hall–Kier alpha value is -2.74. The first-order valence-corrected chi connectivity index (χ1v) is 4.69. The maximum Gasteiger partial charge on any atom is 0.239 e. The predicted molar refractivity (Wildman–Crippen MR) is 60.6 cm³/mol. The number of carbonyl (C=O) groups excluding carboxylic acids is 4. The summed E-state index contributed by atoms with van der Waals surface area (Å²) in [6, 6.07) is 0. The van der Waals surface area contributed by atoms with Crippen molar-refractivity contribution in [2.45, 2.75) is 12.8 Å². The molecule has 0 amide bonds. The van der Waals surface area contributed by atoms with Crippen molar-refractivity contribution in [3.63, 3.8) is 0 Å². The van der Waals surface area contributed by atoms with E-state index in [9.17, 15) is 19.2 Å². The number of hydrogen-bond donors (Lipinski definition) is 0. The van der Waals surface area contributed by atoms with Gasteiger partial charge in [-0.1, -0.05) is 0 Å². The van der Waals surface area contributed by atoms with Crippen LogP contribution in [0, 0.1) is 0 Å². The quantitative estimate of drug-likeness (QED) is 0.372. The second kappa shape index (κ2) is 19.8. The Bertz CT molecular complexity index is 381. The van der Waals surface area contributed by atoms with E-state index in [1.54, 1.807) is 0 Å². The molecular weight excluding hydrogens is 240 g/mol. The number of aliphatic imine (C=N–C) groups is 4. The minimum atomic E-state index is 0.470. The third-order valence-corrected chi connectivity index (χ3v) is 1.24. The average Bonchev–Trinajstić information content (AvgIpc) is 2.40. The van der Waals surface area contributed by atoms with E-state index in [2.05, 4.69) is 20.0 Å². The van der Waals surface area contributed by atoms with Crippen molar-refractivity contribution >= 4 is 24.3 Å². The van der Waals surface area contributed by atoms with Gasteiger partial charge in [0.05, 0.1) is 25.5 Å². The number of unbranched alkanes of at least 4 members (excludes halogenated alkanes) is 1. The molecule has 0 N–H and O–H groups in total. The molecule has 0 fully saturated rings. The number of isocyanates is 4. The maximum absolute atomic E-state index is 9.52. The molecule has 8 heteroatoms. The molecule has 0 saturated carbocycles. The van der Waals surface area contributed by atoms with Crippen LogP contribution in [0.15, 0.2) is 32.4 Å². The van der Waals surface area contributed by atoms with Gasteiger partial charge < -0.3 is 0 Å².